The van der Waals surface area contributed by atoms with Crippen LogP contribution in [0.5, 0.6) is 0 Å². The number of hydrogen-bond acceptors (Lipinski definition) is 2. The Morgan fingerprint density at radius 2 is 1.64 bits per heavy atom. The standard InChI is InChI=1S/C16H17ClFNO2S/c1-16(2,3)11-4-9-15(14(17)10-11)19-22(20,21)13-7-5-12(18)6-8-13/h4-10,19H,1-3H3. The molecule has 0 aliphatic carbocycles. The van der Waals surface area contributed by atoms with E-state index in [4.69, 9.17) is 11.6 Å². The summed E-state index contributed by atoms with van der Waals surface area (Å²) < 4.78 is 39.8. The van der Waals surface area contributed by atoms with Crippen LogP contribution >= 0.6 is 11.6 Å². The maximum Gasteiger partial charge on any atom is 0.261 e. The number of anilines is 1. The molecule has 118 valence electrons. The van der Waals surface area contributed by atoms with Crippen molar-refractivity contribution in [1.29, 1.82) is 0 Å². The van der Waals surface area contributed by atoms with E-state index in [0.717, 1.165) is 17.7 Å². The van der Waals surface area contributed by atoms with E-state index in [1.807, 2.05) is 26.8 Å². The minimum absolute atomic E-state index is 0.0233. The molecule has 0 heterocycles. The Kier molecular flexibility index (Phi) is 4.49. The third kappa shape index (κ3) is 3.78. The lowest BCUT2D eigenvalue weighted by Crippen LogP contribution is -2.14. The Labute approximate surface area is 135 Å². The predicted molar refractivity (Wildman–Crippen MR) is 87.4 cm³/mol. The van der Waals surface area contributed by atoms with E-state index in [9.17, 15) is 12.8 Å². The van der Waals surface area contributed by atoms with Crippen molar-refractivity contribution in [2.45, 2.75) is 31.1 Å². The van der Waals surface area contributed by atoms with Crippen molar-refractivity contribution < 1.29 is 12.8 Å². The van der Waals surface area contributed by atoms with Gasteiger partial charge in [0.15, 0.2) is 0 Å². The fraction of sp³-hybridized carbons (Fsp3) is 0.250. The number of sulfonamides is 1. The van der Waals surface area contributed by atoms with Crippen LogP contribution < -0.4 is 4.72 Å². The van der Waals surface area contributed by atoms with Gasteiger partial charge in [-0.25, -0.2) is 12.8 Å². The fourth-order valence-electron chi connectivity index (χ4n) is 1.88. The van der Waals surface area contributed by atoms with Gasteiger partial charge in [-0.15, -0.1) is 0 Å². The molecule has 0 fully saturated rings. The van der Waals surface area contributed by atoms with E-state index >= 15 is 0 Å². The summed E-state index contributed by atoms with van der Waals surface area (Å²) in [5.74, 6) is -0.494. The number of halogens is 2. The van der Waals surface area contributed by atoms with Crippen molar-refractivity contribution in [2.24, 2.45) is 0 Å². The second kappa shape index (κ2) is 5.89. The first-order valence-electron chi connectivity index (χ1n) is 6.68. The lowest BCUT2D eigenvalue weighted by molar-refractivity contribution is 0.590. The van der Waals surface area contributed by atoms with Gasteiger partial charge in [0.25, 0.3) is 10.0 Å². The van der Waals surface area contributed by atoms with E-state index < -0.39 is 15.8 Å². The van der Waals surface area contributed by atoms with Gasteiger partial charge in [-0.2, -0.15) is 0 Å². The van der Waals surface area contributed by atoms with Crippen molar-refractivity contribution in [3.05, 3.63) is 58.9 Å². The van der Waals surface area contributed by atoms with Crippen molar-refractivity contribution >= 4 is 27.3 Å². The average molecular weight is 342 g/mol. The lowest BCUT2D eigenvalue weighted by atomic mass is 9.87. The van der Waals surface area contributed by atoms with Crippen LogP contribution in [0.15, 0.2) is 47.4 Å². The van der Waals surface area contributed by atoms with Crippen LogP contribution in [0.2, 0.25) is 5.02 Å². The fourth-order valence-corrected chi connectivity index (χ4v) is 3.25. The Balaban J connectivity index is 2.32. The molecular formula is C16H17ClFNO2S. The molecule has 0 bridgehead atoms. The topological polar surface area (TPSA) is 46.2 Å². The molecule has 22 heavy (non-hydrogen) atoms. The van der Waals surface area contributed by atoms with Crippen LogP contribution in [0.1, 0.15) is 26.3 Å². The molecule has 1 N–H and O–H groups in total. The average Bonchev–Trinajstić information content (AvgIpc) is 2.40. The van der Waals surface area contributed by atoms with Crippen LogP contribution in [-0.4, -0.2) is 8.42 Å². The molecule has 0 atom stereocenters. The largest absolute Gasteiger partial charge is 0.278 e. The summed E-state index contributed by atoms with van der Waals surface area (Å²) in [6.07, 6.45) is 0. The summed E-state index contributed by atoms with van der Waals surface area (Å²) in [7, 11) is -3.80. The maximum atomic E-state index is 12.9. The van der Waals surface area contributed by atoms with Gasteiger partial charge in [0.1, 0.15) is 5.82 Å². The van der Waals surface area contributed by atoms with Crippen LogP contribution in [-0.2, 0) is 15.4 Å². The Hall–Kier alpha value is -1.59. The molecule has 2 rings (SSSR count). The molecule has 2 aromatic rings. The SMILES string of the molecule is CC(C)(C)c1ccc(NS(=O)(=O)c2ccc(F)cc2)c(Cl)c1. The predicted octanol–water partition coefficient (Wildman–Crippen LogP) is 4.58. The summed E-state index contributed by atoms with van der Waals surface area (Å²) in [5, 5.41) is 0.318. The van der Waals surface area contributed by atoms with Crippen LogP contribution in [0, 0.1) is 5.82 Å². The van der Waals surface area contributed by atoms with Gasteiger partial charge in [0.2, 0.25) is 0 Å². The molecule has 0 aliphatic rings. The molecule has 3 nitrogen and oxygen atoms in total. The summed E-state index contributed by atoms with van der Waals surface area (Å²) in [6.45, 7) is 6.13. The highest BCUT2D eigenvalue weighted by Crippen LogP contribution is 2.31. The van der Waals surface area contributed by atoms with Gasteiger partial charge in [0, 0.05) is 0 Å². The Morgan fingerprint density at radius 1 is 1.05 bits per heavy atom. The van der Waals surface area contributed by atoms with Crippen molar-refractivity contribution in [3.8, 4) is 0 Å². The number of benzene rings is 2. The summed E-state index contributed by atoms with van der Waals surface area (Å²) in [4.78, 5) is -0.0233. The zero-order valence-electron chi connectivity index (χ0n) is 12.5. The van der Waals surface area contributed by atoms with Gasteiger partial charge >= 0.3 is 0 Å². The first-order chi connectivity index (χ1) is 10.1. The molecule has 0 amide bonds. The van der Waals surface area contributed by atoms with E-state index in [1.165, 1.54) is 12.1 Å². The Bertz CT molecular complexity index is 781. The van der Waals surface area contributed by atoms with Crippen molar-refractivity contribution in [1.82, 2.24) is 0 Å². The first-order valence-corrected chi connectivity index (χ1v) is 8.54. The first kappa shape index (κ1) is 16.8. The van der Waals surface area contributed by atoms with E-state index in [2.05, 4.69) is 4.72 Å². The highest BCUT2D eigenvalue weighted by atomic mass is 35.5. The van der Waals surface area contributed by atoms with Gasteiger partial charge in [-0.1, -0.05) is 38.4 Å². The highest BCUT2D eigenvalue weighted by Gasteiger charge is 2.18. The quantitative estimate of drug-likeness (QED) is 0.888. The molecule has 6 heteroatoms. The van der Waals surface area contributed by atoms with Crippen LogP contribution in [0.4, 0.5) is 10.1 Å². The van der Waals surface area contributed by atoms with Gasteiger partial charge < -0.3 is 0 Å². The summed E-state index contributed by atoms with van der Waals surface area (Å²) in [5.41, 5.74) is 1.21. The number of hydrogen-bond donors (Lipinski definition) is 1. The molecule has 2 aromatic carbocycles. The van der Waals surface area contributed by atoms with Crippen molar-refractivity contribution in [3.63, 3.8) is 0 Å². The Morgan fingerprint density at radius 3 is 2.14 bits per heavy atom. The lowest BCUT2D eigenvalue weighted by Gasteiger charge is -2.20. The third-order valence-electron chi connectivity index (χ3n) is 3.20. The molecule has 0 radical (unpaired) electrons. The third-order valence-corrected chi connectivity index (χ3v) is 4.90. The minimum Gasteiger partial charge on any atom is -0.278 e. The molecule has 0 spiro atoms. The van der Waals surface area contributed by atoms with E-state index in [-0.39, 0.29) is 10.3 Å². The number of rotatable bonds is 3. The summed E-state index contributed by atoms with van der Waals surface area (Å²) in [6, 6.07) is 9.80. The zero-order valence-corrected chi connectivity index (χ0v) is 14.1. The van der Waals surface area contributed by atoms with Crippen molar-refractivity contribution in [2.75, 3.05) is 4.72 Å². The van der Waals surface area contributed by atoms with Gasteiger partial charge in [-0.3, -0.25) is 4.72 Å². The highest BCUT2D eigenvalue weighted by molar-refractivity contribution is 7.92. The second-order valence-electron chi connectivity index (χ2n) is 6.00. The smallest absolute Gasteiger partial charge is 0.261 e. The second-order valence-corrected chi connectivity index (χ2v) is 8.09. The zero-order chi connectivity index (χ0) is 16.5. The van der Waals surface area contributed by atoms with Gasteiger partial charge in [-0.05, 0) is 47.4 Å². The van der Waals surface area contributed by atoms with Crippen LogP contribution in [0.25, 0.3) is 0 Å². The molecule has 0 saturated carbocycles. The summed E-state index contributed by atoms with van der Waals surface area (Å²) >= 11 is 6.17. The number of nitrogens with one attached hydrogen (secondary N) is 1. The molecule has 0 aromatic heterocycles. The van der Waals surface area contributed by atoms with Crippen LogP contribution in [0.3, 0.4) is 0 Å². The maximum absolute atomic E-state index is 12.9. The molecule has 0 unspecified atom stereocenters. The molecule has 0 aliphatic heterocycles. The molecule has 0 saturated heterocycles. The van der Waals surface area contributed by atoms with Gasteiger partial charge in [0.05, 0.1) is 15.6 Å². The van der Waals surface area contributed by atoms with E-state index in [1.54, 1.807) is 12.1 Å². The minimum atomic E-state index is -3.80. The monoisotopic (exact) mass is 341 g/mol. The van der Waals surface area contributed by atoms with E-state index in [0.29, 0.717) is 10.7 Å². The molecular weight excluding hydrogens is 325 g/mol. The normalized spacial score (nSPS) is 12.2.